The van der Waals surface area contributed by atoms with Gasteiger partial charge in [-0.3, -0.25) is 14.8 Å². The lowest BCUT2D eigenvalue weighted by atomic mass is 10.3. The first-order valence-corrected chi connectivity index (χ1v) is 8.17. The highest BCUT2D eigenvalue weighted by atomic mass is 79.9. The van der Waals surface area contributed by atoms with E-state index in [4.69, 9.17) is 11.6 Å². The molecule has 21 heavy (non-hydrogen) atoms. The molecule has 0 saturated heterocycles. The molecule has 1 N–H and O–H groups in total. The lowest BCUT2D eigenvalue weighted by Crippen LogP contribution is -2.13. The Hall–Kier alpha value is -1.64. The minimum absolute atomic E-state index is 0.0944. The quantitative estimate of drug-likeness (QED) is 0.634. The summed E-state index contributed by atoms with van der Waals surface area (Å²) < 4.78 is 27.6. The number of hydrogen-bond donors (Lipinski definition) is 1. The molecule has 0 aliphatic rings. The maximum atomic E-state index is 12.3. The average molecular weight is 392 g/mol. The van der Waals surface area contributed by atoms with Gasteiger partial charge in [-0.2, -0.15) is 0 Å². The van der Waals surface area contributed by atoms with Gasteiger partial charge in [-0.15, -0.1) is 0 Å². The second-order valence-corrected chi connectivity index (χ2v) is 6.96. The van der Waals surface area contributed by atoms with E-state index in [0.29, 0.717) is 10.2 Å². The second kappa shape index (κ2) is 6.00. The Labute approximate surface area is 134 Å². The molecule has 0 spiro atoms. The largest absolute Gasteiger partial charge is 0.280 e. The van der Waals surface area contributed by atoms with E-state index in [9.17, 15) is 18.5 Å². The number of halogens is 2. The molecule has 0 aliphatic heterocycles. The SMILES string of the molecule is O=[N+]([O-])c1ccc(Cl)c(S(=O)(=O)Nc2cccc(Br)c2)c1. The van der Waals surface area contributed by atoms with Crippen LogP contribution >= 0.6 is 27.5 Å². The van der Waals surface area contributed by atoms with E-state index in [0.717, 1.165) is 12.1 Å². The van der Waals surface area contributed by atoms with Crippen molar-refractivity contribution in [1.82, 2.24) is 0 Å². The summed E-state index contributed by atoms with van der Waals surface area (Å²) in [6, 6.07) is 9.73. The van der Waals surface area contributed by atoms with Crippen LogP contribution in [0.15, 0.2) is 51.8 Å². The summed E-state index contributed by atoms with van der Waals surface area (Å²) in [6.45, 7) is 0. The van der Waals surface area contributed by atoms with Gasteiger partial charge in [0.25, 0.3) is 15.7 Å². The van der Waals surface area contributed by atoms with Crippen molar-refractivity contribution in [3.63, 3.8) is 0 Å². The topological polar surface area (TPSA) is 89.3 Å². The van der Waals surface area contributed by atoms with Crippen LogP contribution in [0.5, 0.6) is 0 Å². The third kappa shape index (κ3) is 3.72. The van der Waals surface area contributed by atoms with Crippen LogP contribution in [-0.2, 0) is 10.0 Å². The summed E-state index contributed by atoms with van der Waals surface area (Å²) in [6.07, 6.45) is 0. The summed E-state index contributed by atoms with van der Waals surface area (Å²) in [4.78, 5) is 9.70. The number of rotatable bonds is 4. The van der Waals surface area contributed by atoms with Gasteiger partial charge in [0.15, 0.2) is 0 Å². The molecule has 2 aromatic rings. The van der Waals surface area contributed by atoms with E-state index in [1.165, 1.54) is 6.07 Å². The van der Waals surface area contributed by atoms with Crippen molar-refractivity contribution >= 4 is 48.9 Å². The van der Waals surface area contributed by atoms with Gasteiger partial charge in [-0.25, -0.2) is 8.42 Å². The number of nitrogens with one attached hydrogen (secondary N) is 1. The molecule has 6 nitrogen and oxygen atoms in total. The molecular weight excluding hydrogens is 384 g/mol. The zero-order chi connectivity index (χ0) is 15.6. The lowest BCUT2D eigenvalue weighted by Gasteiger charge is -2.09. The van der Waals surface area contributed by atoms with Crippen LogP contribution < -0.4 is 4.72 Å². The molecule has 0 heterocycles. The Kier molecular flexibility index (Phi) is 4.50. The zero-order valence-electron chi connectivity index (χ0n) is 10.3. The molecule has 0 atom stereocenters. The molecule has 0 aromatic heterocycles. The summed E-state index contributed by atoms with van der Waals surface area (Å²) in [5, 5.41) is 10.6. The fourth-order valence-electron chi connectivity index (χ4n) is 1.57. The summed E-state index contributed by atoms with van der Waals surface area (Å²) >= 11 is 9.05. The third-order valence-corrected chi connectivity index (χ3v) is 4.85. The van der Waals surface area contributed by atoms with E-state index < -0.39 is 14.9 Å². The Bertz CT molecular complexity index is 811. The monoisotopic (exact) mass is 390 g/mol. The Balaban J connectivity index is 2.44. The van der Waals surface area contributed by atoms with Gasteiger partial charge in [-0.05, 0) is 24.3 Å². The molecule has 9 heteroatoms. The van der Waals surface area contributed by atoms with Crippen LogP contribution in [0, 0.1) is 10.1 Å². The molecule has 0 unspecified atom stereocenters. The predicted octanol–water partition coefficient (Wildman–Crippen LogP) is 3.81. The van der Waals surface area contributed by atoms with Crippen molar-refractivity contribution < 1.29 is 13.3 Å². The standard InChI is InChI=1S/C12H8BrClN2O4S/c13-8-2-1-3-9(6-8)15-21(19,20)12-7-10(16(17)18)4-5-11(12)14/h1-7,15H. The number of non-ortho nitro benzene ring substituents is 1. The van der Waals surface area contributed by atoms with Crippen LogP contribution in [0.4, 0.5) is 11.4 Å². The van der Waals surface area contributed by atoms with Crippen molar-refractivity contribution in [3.05, 3.63) is 62.1 Å². The normalized spacial score (nSPS) is 11.1. The average Bonchev–Trinajstić information content (AvgIpc) is 2.38. The van der Waals surface area contributed by atoms with Crippen LogP contribution in [0.3, 0.4) is 0 Å². The number of nitro benzene ring substituents is 1. The lowest BCUT2D eigenvalue weighted by molar-refractivity contribution is -0.385. The highest BCUT2D eigenvalue weighted by molar-refractivity contribution is 9.10. The van der Waals surface area contributed by atoms with Crippen LogP contribution in [0.2, 0.25) is 5.02 Å². The number of anilines is 1. The first-order valence-electron chi connectivity index (χ1n) is 5.52. The highest BCUT2D eigenvalue weighted by Gasteiger charge is 2.21. The van der Waals surface area contributed by atoms with Crippen molar-refractivity contribution in [2.45, 2.75) is 4.90 Å². The number of sulfonamides is 1. The minimum Gasteiger partial charge on any atom is -0.280 e. The van der Waals surface area contributed by atoms with Crippen LogP contribution in [0.1, 0.15) is 0 Å². The molecule has 0 bridgehead atoms. The van der Waals surface area contributed by atoms with Gasteiger partial charge >= 0.3 is 0 Å². The molecule has 2 rings (SSSR count). The fraction of sp³-hybridized carbons (Fsp3) is 0. The smallest absolute Gasteiger partial charge is 0.270 e. The van der Waals surface area contributed by atoms with Gasteiger partial charge in [-0.1, -0.05) is 33.6 Å². The minimum atomic E-state index is -4.02. The summed E-state index contributed by atoms with van der Waals surface area (Å²) in [5.74, 6) is 0. The fourth-order valence-corrected chi connectivity index (χ4v) is 3.54. The van der Waals surface area contributed by atoms with Crippen molar-refractivity contribution in [2.75, 3.05) is 4.72 Å². The third-order valence-electron chi connectivity index (χ3n) is 2.49. The van der Waals surface area contributed by atoms with E-state index in [2.05, 4.69) is 20.7 Å². The number of nitro groups is 1. The Morgan fingerprint density at radius 3 is 2.52 bits per heavy atom. The van der Waals surface area contributed by atoms with Gasteiger partial charge < -0.3 is 0 Å². The molecule has 0 radical (unpaired) electrons. The number of hydrogen-bond acceptors (Lipinski definition) is 4. The molecule has 110 valence electrons. The van der Waals surface area contributed by atoms with E-state index in [1.54, 1.807) is 24.3 Å². The summed E-state index contributed by atoms with van der Waals surface area (Å²) in [7, 11) is -4.02. The number of benzene rings is 2. The van der Waals surface area contributed by atoms with E-state index in [1.807, 2.05) is 0 Å². The zero-order valence-corrected chi connectivity index (χ0v) is 13.4. The predicted molar refractivity (Wildman–Crippen MR) is 83.1 cm³/mol. The van der Waals surface area contributed by atoms with Gasteiger partial charge in [0.05, 0.1) is 9.95 Å². The van der Waals surface area contributed by atoms with Crippen molar-refractivity contribution in [2.24, 2.45) is 0 Å². The van der Waals surface area contributed by atoms with Crippen LogP contribution in [-0.4, -0.2) is 13.3 Å². The molecular formula is C12H8BrClN2O4S. The van der Waals surface area contributed by atoms with Crippen LogP contribution in [0.25, 0.3) is 0 Å². The van der Waals surface area contributed by atoms with Gasteiger partial charge in [0, 0.05) is 22.3 Å². The van der Waals surface area contributed by atoms with Gasteiger partial charge in [0.1, 0.15) is 4.90 Å². The molecule has 0 saturated carbocycles. The van der Waals surface area contributed by atoms with Crippen molar-refractivity contribution in [3.8, 4) is 0 Å². The first kappa shape index (κ1) is 15.7. The molecule has 0 aliphatic carbocycles. The second-order valence-electron chi connectivity index (χ2n) is 3.99. The van der Waals surface area contributed by atoms with Gasteiger partial charge in [0.2, 0.25) is 0 Å². The highest BCUT2D eigenvalue weighted by Crippen LogP contribution is 2.28. The molecule has 0 fully saturated rings. The maximum Gasteiger partial charge on any atom is 0.270 e. The Morgan fingerprint density at radius 2 is 1.90 bits per heavy atom. The first-order chi connectivity index (χ1) is 9.79. The van der Waals surface area contributed by atoms with Crippen molar-refractivity contribution in [1.29, 1.82) is 0 Å². The maximum absolute atomic E-state index is 12.3. The van der Waals surface area contributed by atoms with E-state index >= 15 is 0 Å². The molecule has 2 aromatic carbocycles. The van der Waals surface area contributed by atoms with E-state index in [-0.39, 0.29) is 15.6 Å². The Morgan fingerprint density at radius 1 is 1.19 bits per heavy atom. The number of nitrogens with zero attached hydrogens (tertiary/aromatic N) is 1. The molecule has 0 amide bonds. The summed E-state index contributed by atoms with van der Waals surface area (Å²) in [5.41, 5.74) is -0.0408.